The SMILES string of the molecule is O=C(O)CCCCCCNC(=O)C1CNc2ccccc21. The number of hydrogen-bond donors (Lipinski definition) is 3. The molecule has 0 fully saturated rings. The Bertz CT molecular complexity index is 502. The molecule has 0 saturated heterocycles. The van der Waals surface area contributed by atoms with E-state index < -0.39 is 5.97 Å². The summed E-state index contributed by atoms with van der Waals surface area (Å²) >= 11 is 0. The quantitative estimate of drug-likeness (QED) is 0.642. The maximum Gasteiger partial charge on any atom is 0.303 e. The van der Waals surface area contributed by atoms with E-state index in [4.69, 9.17) is 5.11 Å². The number of unbranched alkanes of at least 4 members (excludes halogenated alkanes) is 3. The number of nitrogens with one attached hydrogen (secondary N) is 2. The summed E-state index contributed by atoms with van der Waals surface area (Å²) in [7, 11) is 0. The van der Waals surface area contributed by atoms with Gasteiger partial charge in [-0.3, -0.25) is 9.59 Å². The molecule has 3 N–H and O–H groups in total. The number of carbonyl (C=O) groups excluding carboxylic acids is 1. The molecule has 5 nitrogen and oxygen atoms in total. The molecule has 0 saturated carbocycles. The number of fused-ring (bicyclic) bond motifs is 1. The van der Waals surface area contributed by atoms with Crippen LogP contribution in [0.15, 0.2) is 24.3 Å². The molecule has 0 aliphatic carbocycles. The topological polar surface area (TPSA) is 78.4 Å². The van der Waals surface area contributed by atoms with E-state index in [1.807, 2.05) is 24.3 Å². The summed E-state index contributed by atoms with van der Waals surface area (Å²) in [5.74, 6) is -0.776. The van der Waals surface area contributed by atoms with E-state index in [1.54, 1.807) is 0 Å². The Labute approximate surface area is 124 Å². The number of amides is 1. The number of benzene rings is 1. The zero-order valence-corrected chi connectivity index (χ0v) is 12.1. The van der Waals surface area contributed by atoms with Crippen molar-refractivity contribution in [2.24, 2.45) is 0 Å². The highest BCUT2D eigenvalue weighted by Crippen LogP contribution is 2.30. The minimum atomic E-state index is -0.740. The summed E-state index contributed by atoms with van der Waals surface area (Å²) in [6.45, 7) is 1.31. The Morgan fingerprint density at radius 2 is 1.95 bits per heavy atom. The van der Waals surface area contributed by atoms with E-state index in [2.05, 4.69) is 10.6 Å². The zero-order valence-electron chi connectivity index (χ0n) is 12.1. The maximum absolute atomic E-state index is 12.2. The van der Waals surface area contributed by atoms with Crippen molar-refractivity contribution in [2.75, 3.05) is 18.4 Å². The predicted octanol–water partition coefficient (Wildman–Crippen LogP) is 2.35. The van der Waals surface area contributed by atoms with Gasteiger partial charge in [0, 0.05) is 25.2 Å². The van der Waals surface area contributed by atoms with Gasteiger partial charge in [-0.25, -0.2) is 0 Å². The van der Waals surface area contributed by atoms with Gasteiger partial charge in [0.2, 0.25) is 5.91 Å². The Morgan fingerprint density at radius 1 is 1.19 bits per heavy atom. The molecule has 1 aromatic rings. The van der Waals surface area contributed by atoms with Gasteiger partial charge in [0.05, 0.1) is 5.92 Å². The molecule has 0 radical (unpaired) electrons. The van der Waals surface area contributed by atoms with E-state index in [0.717, 1.165) is 30.5 Å². The number of hydrogen-bond acceptors (Lipinski definition) is 3. The molecule has 1 atom stereocenters. The second-order valence-electron chi connectivity index (χ2n) is 5.37. The first kappa shape index (κ1) is 15.4. The van der Waals surface area contributed by atoms with E-state index in [0.29, 0.717) is 19.5 Å². The lowest BCUT2D eigenvalue weighted by Gasteiger charge is -2.11. The highest BCUT2D eigenvalue weighted by atomic mass is 16.4. The summed E-state index contributed by atoms with van der Waals surface area (Å²) in [4.78, 5) is 22.5. The molecule has 1 heterocycles. The van der Waals surface area contributed by atoms with Crippen molar-refractivity contribution in [2.45, 2.75) is 38.0 Å². The first-order valence-electron chi connectivity index (χ1n) is 7.51. The number of aliphatic carboxylic acids is 1. The largest absolute Gasteiger partial charge is 0.481 e. The fourth-order valence-corrected chi connectivity index (χ4v) is 2.61. The smallest absolute Gasteiger partial charge is 0.303 e. The summed E-state index contributed by atoms with van der Waals surface area (Å²) in [5.41, 5.74) is 2.11. The molecule has 0 bridgehead atoms. The van der Waals surface area contributed by atoms with Crippen LogP contribution in [0.1, 0.15) is 43.6 Å². The van der Waals surface area contributed by atoms with Crippen LogP contribution in [-0.4, -0.2) is 30.1 Å². The monoisotopic (exact) mass is 290 g/mol. The standard InChI is InChI=1S/C16H22N2O3/c19-15(20)9-3-1-2-6-10-17-16(21)13-11-18-14-8-5-4-7-12(13)14/h4-5,7-8,13,18H,1-3,6,9-11H2,(H,17,21)(H,19,20). The van der Waals surface area contributed by atoms with E-state index in [-0.39, 0.29) is 18.2 Å². The molecular weight excluding hydrogens is 268 g/mol. The molecule has 1 unspecified atom stereocenters. The normalized spacial score (nSPS) is 16.1. The Hall–Kier alpha value is -2.04. The average molecular weight is 290 g/mol. The maximum atomic E-state index is 12.2. The average Bonchev–Trinajstić information content (AvgIpc) is 2.89. The van der Waals surface area contributed by atoms with Crippen molar-refractivity contribution < 1.29 is 14.7 Å². The Kier molecular flexibility index (Phi) is 5.60. The van der Waals surface area contributed by atoms with Gasteiger partial charge < -0.3 is 15.7 Å². The molecule has 2 rings (SSSR count). The lowest BCUT2D eigenvalue weighted by atomic mass is 10.0. The summed E-state index contributed by atoms with van der Waals surface area (Å²) in [6.07, 6.45) is 3.69. The van der Waals surface area contributed by atoms with Gasteiger partial charge in [-0.15, -0.1) is 0 Å². The summed E-state index contributed by atoms with van der Waals surface area (Å²) < 4.78 is 0. The number of para-hydroxylation sites is 1. The van der Waals surface area contributed by atoms with Crippen LogP contribution in [0.2, 0.25) is 0 Å². The Morgan fingerprint density at radius 3 is 2.76 bits per heavy atom. The van der Waals surface area contributed by atoms with Gasteiger partial charge in [-0.2, -0.15) is 0 Å². The minimum absolute atomic E-state index is 0.0676. The molecule has 1 aromatic carbocycles. The van der Waals surface area contributed by atoms with Crippen LogP contribution >= 0.6 is 0 Å². The van der Waals surface area contributed by atoms with Gasteiger partial charge in [0.15, 0.2) is 0 Å². The minimum Gasteiger partial charge on any atom is -0.481 e. The third-order valence-corrected chi connectivity index (χ3v) is 3.77. The number of rotatable bonds is 8. The first-order chi connectivity index (χ1) is 10.2. The van der Waals surface area contributed by atoms with Crippen molar-refractivity contribution in [3.63, 3.8) is 0 Å². The fraction of sp³-hybridized carbons (Fsp3) is 0.500. The van der Waals surface area contributed by atoms with Crippen molar-refractivity contribution in [3.05, 3.63) is 29.8 Å². The molecule has 1 amide bonds. The fourth-order valence-electron chi connectivity index (χ4n) is 2.61. The highest BCUT2D eigenvalue weighted by Gasteiger charge is 2.27. The van der Waals surface area contributed by atoms with Crippen molar-refractivity contribution in [1.82, 2.24) is 5.32 Å². The van der Waals surface area contributed by atoms with Crippen LogP contribution in [0.4, 0.5) is 5.69 Å². The highest BCUT2D eigenvalue weighted by molar-refractivity contribution is 5.88. The number of carboxylic acids is 1. The third kappa shape index (κ3) is 4.48. The van der Waals surface area contributed by atoms with Crippen LogP contribution in [0.5, 0.6) is 0 Å². The second kappa shape index (κ2) is 7.67. The first-order valence-corrected chi connectivity index (χ1v) is 7.51. The van der Waals surface area contributed by atoms with E-state index >= 15 is 0 Å². The van der Waals surface area contributed by atoms with Gasteiger partial charge in [0.1, 0.15) is 0 Å². The Balaban J connectivity index is 1.64. The molecule has 1 aliphatic heterocycles. The van der Waals surface area contributed by atoms with Gasteiger partial charge in [0.25, 0.3) is 0 Å². The molecule has 1 aliphatic rings. The van der Waals surface area contributed by atoms with Crippen molar-refractivity contribution in [1.29, 1.82) is 0 Å². The van der Waals surface area contributed by atoms with E-state index in [9.17, 15) is 9.59 Å². The van der Waals surface area contributed by atoms with Gasteiger partial charge in [-0.1, -0.05) is 31.0 Å². The number of carboxylic acid groups (broad SMARTS) is 1. The predicted molar refractivity (Wildman–Crippen MR) is 81.4 cm³/mol. The molecule has 0 spiro atoms. The summed E-state index contributed by atoms with van der Waals surface area (Å²) in [6, 6.07) is 7.90. The molecular formula is C16H22N2O3. The van der Waals surface area contributed by atoms with Crippen molar-refractivity contribution >= 4 is 17.6 Å². The third-order valence-electron chi connectivity index (χ3n) is 3.77. The lowest BCUT2D eigenvalue weighted by Crippen LogP contribution is -2.31. The zero-order chi connectivity index (χ0) is 15.1. The van der Waals surface area contributed by atoms with Crippen LogP contribution < -0.4 is 10.6 Å². The molecule has 114 valence electrons. The molecule has 21 heavy (non-hydrogen) atoms. The lowest BCUT2D eigenvalue weighted by molar-refractivity contribution is -0.137. The van der Waals surface area contributed by atoms with Crippen LogP contribution in [0, 0.1) is 0 Å². The number of carbonyl (C=O) groups is 2. The summed E-state index contributed by atoms with van der Waals surface area (Å²) in [5, 5.41) is 14.7. The van der Waals surface area contributed by atoms with Gasteiger partial charge in [-0.05, 0) is 24.5 Å². The second-order valence-corrected chi connectivity index (χ2v) is 5.37. The van der Waals surface area contributed by atoms with Crippen LogP contribution in [-0.2, 0) is 9.59 Å². The van der Waals surface area contributed by atoms with E-state index in [1.165, 1.54) is 0 Å². The number of anilines is 1. The van der Waals surface area contributed by atoms with Crippen LogP contribution in [0.3, 0.4) is 0 Å². The molecule has 0 aromatic heterocycles. The van der Waals surface area contributed by atoms with Crippen molar-refractivity contribution in [3.8, 4) is 0 Å². The van der Waals surface area contributed by atoms with Gasteiger partial charge >= 0.3 is 5.97 Å². The molecule has 5 heteroatoms. The van der Waals surface area contributed by atoms with Crippen LogP contribution in [0.25, 0.3) is 0 Å².